The fourth-order valence-corrected chi connectivity index (χ4v) is 3.17. The number of nitrogens with one attached hydrogen (secondary N) is 2. The molecule has 3 rings (SSSR count). The van der Waals surface area contributed by atoms with E-state index in [4.69, 9.17) is 11.5 Å². The van der Waals surface area contributed by atoms with Crippen LogP contribution in [0.3, 0.4) is 0 Å². The van der Waals surface area contributed by atoms with Gasteiger partial charge in [-0.1, -0.05) is 18.2 Å². The molecule has 0 aliphatic carbocycles. The van der Waals surface area contributed by atoms with Crippen molar-refractivity contribution in [2.24, 2.45) is 5.73 Å². The number of urea groups is 1. The molecule has 8 nitrogen and oxygen atoms in total. The Balaban J connectivity index is 1.79. The highest BCUT2D eigenvalue weighted by atomic mass is 19.4. The second-order valence-corrected chi connectivity index (χ2v) is 8.29. The molecule has 0 atom stereocenters. The number of rotatable bonds is 4. The number of alkyl halides is 3. The molecule has 0 bridgehead atoms. The van der Waals surface area contributed by atoms with Crippen LogP contribution in [-0.2, 0) is 11.7 Å². The lowest BCUT2D eigenvalue weighted by atomic mass is 10.1. The maximum absolute atomic E-state index is 12.8. The standard InChI is InChI=1S/C22H23F3N6O2/c1-21(2,3)31-18(26)16(19(27)32)17(30-31)12-7-9-14(10-8-12)28-20(33)29-15-6-4-5-13(11-15)22(23,24)25/h4-11H,26H2,1-3H3,(H2,27,32)(H2,28,29,33). The third-order valence-corrected chi connectivity index (χ3v) is 4.67. The fraction of sp³-hybridized carbons (Fsp3) is 0.227. The number of hydrogen-bond donors (Lipinski definition) is 4. The summed E-state index contributed by atoms with van der Waals surface area (Å²) in [5.74, 6) is -0.576. The van der Waals surface area contributed by atoms with Gasteiger partial charge in [-0.05, 0) is 51.1 Å². The summed E-state index contributed by atoms with van der Waals surface area (Å²) in [6.45, 7) is 5.63. The van der Waals surface area contributed by atoms with E-state index in [1.54, 1.807) is 24.3 Å². The van der Waals surface area contributed by atoms with Gasteiger partial charge in [0.15, 0.2) is 0 Å². The van der Waals surface area contributed by atoms with Crippen LogP contribution in [-0.4, -0.2) is 21.7 Å². The Hall–Kier alpha value is -4.02. The molecule has 0 saturated carbocycles. The van der Waals surface area contributed by atoms with Crippen LogP contribution < -0.4 is 22.1 Å². The molecule has 0 spiro atoms. The Kier molecular flexibility index (Phi) is 6.08. The number of nitrogen functional groups attached to an aromatic ring is 1. The first-order valence-electron chi connectivity index (χ1n) is 9.82. The van der Waals surface area contributed by atoms with Crippen molar-refractivity contribution in [3.05, 3.63) is 59.7 Å². The molecule has 11 heteroatoms. The van der Waals surface area contributed by atoms with Crippen molar-refractivity contribution in [2.45, 2.75) is 32.5 Å². The van der Waals surface area contributed by atoms with Crippen molar-refractivity contribution >= 4 is 29.1 Å². The SMILES string of the molecule is CC(C)(C)n1nc(-c2ccc(NC(=O)Nc3cccc(C(F)(F)F)c3)cc2)c(C(N)=O)c1N. The molecule has 0 saturated heterocycles. The van der Waals surface area contributed by atoms with Crippen molar-refractivity contribution in [2.75, 3.05) is 16.4 Å². The molecule has 0 aliphatic rings. The number of nitrogens with zero attached hydrogens (tertiary/aromatic N) is 2. The fourth-order valence-electron chi connectivity index (χ4n) is 3.17. The predicted molar refractivity (Wildman–Crippen MR) is 120 cm³/mol. The van der Waals surface area contributed by atoms with Gasteiger partial charge in [0, 0.05) is 16.9 Å². The number of primary amides is 1. The lowest BCUT2D eigenvalue weighted by molar-refractivity contribution is -0.137. The number of nitrogens with two attached hydrogens (primary N) is 2. The van der Waals surface area contributed by atoms with Gasteiger partial charge in [-0.15, -0.1) is 0 Å². The first-order chi connectivity index (χ1) is 15.3. The van der Waals surface area contributed by atoms with E-state index in [0.717, 1.165) is 12.1 Å². The molecule has 0 fully saturated rings. The predicted octanol–water partition coefficient (Wildman–Crippen LogP) is 4.65. The van der Waals surface area contributed by atoms with E-state index < -0.39 is 29.2 Å². The molecule has 174 valence electrons. The van der Waals surface area contributed by atoms with Gasteiger partial charge >= 0.3 is 12.2 Å². The van der Waals surface area contributed by atoms with Gasteiger partial charge in [0.05, 0.1) is 11.1 Å². The molecule has 0 radical (unpaired) electrons. The molecule has 6 N–H and O–H groups in total. The van der Waals surface area contributed by atoms with Gasteiger partial charge in [-0.2, -0.15) is 18.3 Å². The molecule has 0 aliphatic heterocycles. The van der Waals surface area contributed by atoms with E-state index in [-0.39, 0.29) is 17.1 Å². The summed E-state index contributed by atoms with van der Waals surface area (Å²) in [7, 11) is 0. The Morgan fingerprint density at radius 2 is 1.58 bits per heavy atom. The maximum Gasteiger partial charge on any atom is 0.416 e. The lowest BCUT2D eigenvalue weighted by Crippen LogP contribution is -2.25. The largest absolute Gasteiger partial charge is 0.416 e. The smallest absolute Gasteiger partial charge is 0.383 e. The summed E-state index contributed by atoms with van der Waals surface area (Å²) < 4.78 is 40.0. The number of amides is 3. The highest BCUT2D eigenvalue weighted by Gasteiger charge is 2.30. The van der Waals surface area contributed by atoms with Gasteiger partial charge < -0.3 is 22.1 Å². The molecule has 1 heterocycles. The zero-order chi connectivity index (χ0) is 24.6. The molecule has 33 heavy (non-hydrogen) atoms. The number of benzene rings is 2. The molecular weight excluding hydrogens is 437 g/mol. The van der Waals surface area contributed by atoms with E-state index >= 15 is 0 Å². The molecule has 0 unspecified atom stereocenters. The third-order valence-electron chi connectivity index (χ3n) is 4.67. The van der Waals surface area contributed by atoms with E-state index in [1.165, 1.54) is 16.8 Å². The second kappa shape index (κ2) is 8.49. The summed E-state index contributed by atoms with van der Waals surface area (Å²) in [4.78, 5) is 24.2. The van der Waals surface area contributed by atoms with Gasteiger partial charge in [0.25, 0.3) is 5.91 Å². The lowest BCUT2D eigenvalue weighted by Gasteiger charge is -2.20. The highest BCUT2D eigenvalue weighted by molar-refractivity contribution is 6.03. The van der Waals surface area contributed by atoms with Gasteiger partial charge in [-0.25, -0.2) is 9.48 Å². The van der Waals surface area contributed by atoms with E-state index in [9.17, 15) is 22.8 Å². The zero-order valence-corrected chi connectivity index (χ0v) is 18.1. The van der Waals surface area contributed by atoms with Gasteiger partial charge in [-0.3, -0.25) is 4.79 Å². The number of carbonyl (C=O) groups is 2. The second-order valence-electron chi connectivity index (χ2n) is 8.29. The quantitative estimate of drug-likeness (QED) is 0.452. The highest BCUT2D eigenvalue weighted by Crippen LogP contribution is 2.32. The minimum atomic E-state index is -4.52. The van der Waals surface area contributed by atoms with E-state index in [2.05, 4.69) is 15.7 Å². The first kappa shape index (κ1) is 23.6. The minimum Gasteiger partial charge on any atom is -0.383 e. The maximum atomic E-state index is 12.8. The van der Waals surface area contributed by atoms with Crippen LogP contribution in [0.25, 0.3) is 11.3 Å². The van der Waals surface area contributed by atoms with Crippen molar-refractivity contribution in [1.29, 1.82) is 0 Å². The average Bonchev–Trinajstić information content (AvgIpc) is 3.06. The Labute approximate surface area is 187 Å². The van der Waals surface area contributed by atoms with Crippen molar-refractivity contribution in [3.8, 4) is 11.3 Å². The van der Waals surface area contributed by atoms with Crippen LogP contribution in [0, 0.1) is 0 Å². The first-order valence-corrected chi connectivity index (χ1v) is 9.82. The Bertz CT molecular complexity index is 1190. The number of anilines is 3. The van der Waals surface area contributed by atoms with Gasteiger partial charge in [0.2, 0.25) is 0 Å². The Morgan fingerprint density at radius 1 is 0.970 bits per heavy atom. The summed E-state index contributed by atoms with van der Waals surface area (Å²) in [6.07, 6.45) is -4.52. The van der Waals surface area contributed by atoms with Crippen LogP contribution in [0.5, 0.6) is 0 Å². The third kappa shape index (κ3) is 5.25. The van der Waals surface area contributed by atoms with E-state index in [1.807, 2.05) is 20.8 Å². The molecular formula is C22H23F3N6O2. The summed E-state index contributed by atoms with van der Waals surface area (Å²) >= 11 is 0. The normalized spacial score (nSPS) is 11.8. The van der Waals surface area contributed by atoms with Crippen LogP contribution in [0.1, 0.15) is 36.7 Å². The number of aromatic nitrogens is 2. The van der Waals surface area contributed by atoms with Crippen LogP contribution in [0.15, 0.2) is 48.5 Å². The summed E-state index contributed by atoms with van der Waals surface area (Å²) in [5, 5.41) is 9.34. The molecule has 2 aromatic carbocycles. The zero-order valence-electron chi connectivity index (χ0n) is 18.1. The van der Waals surface area contributed by atoms with Gasteiger partial charge in [0.1, 0.15) is 17.1 Å². The van der Waals surface area contributed by atoms with Crippen LogP contribution >= 0.6 is 0 Å². The average molecular weight is 460 g/mol. The monoisotopic (exact) mass is 460 g/mol. The van der Waals surface area contributed by atoms with Crippen molar-refractivity contribution in [1.82, 2.24) is 9.78 Å². The van der Waals surface area contributed by atoms with Crippen LogP contribution in [0.2, 0.25) is 0 Å². The number of carbonyl (C=O) groups excluding carboxylic acids is 2. The number of halogens is 3. The molecule has 3 amide bonds. The number of hydrogen-bond acceptors (Lipinski definition) is 4. The minimum absolute atomic E-state index is 0.00626. The molecule has 1 aromatic heterocycles. The molecule has 3 aromatic rings. The van der Waals surface area contributed by atoms with Crippen molar-refractivity contribution < 1.29 is 22.8 Å². The summed E-state index contributed by atoms with van der Waals surface area (Å²) in [5.41, 5.74) is 11.5. The topological polar surface area (TPSA) is 128 Å². The van der Waals surface area contributed by atoms with E-state index in [0.29, 0.717) is 16.9 Å². The van der Waals surface area contributed by atoms with Crippen LogP contribution in [0.4, 0.5) is 35.2 Å². The van der Waals surface area contributed by atoms with Crippen molar-refractivity contribution in [3.63, 3.8) is 0 Å². The Morgan fingerprint density at radius 3 is 2.12 bits per heavy atom. The summed E-state index contributed by atoms with van der Waals surface area (Å²) in [6, 6.07) is 9.91.